The van der Waals surface area contributed by atoms with Gasteiger partial charge in [0.2, 0.25) is 0 Å². The molecule has 0 aromatic heterocycles. The third-order valence-electron chi connectivity index (χ3n) is 8.71. The number of hydrogen-bond acceptors (Lipinski definition) is 2. The van der Waals surface area contributed by atoms with Crippen molar-refractivity contribution in [2.75, 3.05) is 13.2 Å². The molecule has 9 heteroatoms. The van der Waals surface area contributed by atoms with E-state index in [0.29, 0.717) is 12.5 Å². The van der Waals surface area contributed by atoms with E-state index in [1.165, 1.54) is 11.6 Å². The Balaban J connectivity index is 1.65. The minimum absolute atomic E-state index is 0.0213. The van der Waals surface area contributed by atoms with Crippen LogP contribution >= 0.6 is 63.7 Å². The fourth-order valence-electron chi connectivity index (χ4n) is 5.56. The Morgan fingerprint density at radius 3 is 2.10 bits per heavy atom. The number of benzene rings is 1. The Bertz CT molecular complexity index is 1190. The van der Waals surface area contributed by atoms with Crippen molar-refractivity contribution in [3.8, 4) is 0 Å². The maximum atomic E-state index is 6.44. The Morgan fingerprint density at radius 2 is 1.59 bits per heavy atom. The van der Waals surface area contributed by atoms with Gasteiger partial charge in [-0.3, -0.25) is 0 Å². The van der Waals surface area contributed by atoms with E-state index in [2.05, 4.69) is 153 Å². The minimum atomic E-state index is -1.55. The van der Waals surface area contributed by atoms with Crippen LogP contribution in [0.25, 0.3) is 0 Å². The van der Waals surface area contributed by atoms with Gasteiger partial charge in [-0.15, -0.1) is 0 Å². The van der Waals surface area contributed by atoms with E-state index in [-0.39, 0.29) is 16.3 Å². The maximum Gasteiger partial charge on any atom is 0.143 e. The summed E-state index contributed by atoms with van der Waals surface area (Å²) in [6, 6.07) is 8.90. The van der Waals surface area contributed by atoms with E-state index in [0.717, 1.165) is 38.7 Å². The lowest BCUT2D eigenvalue weighted by molar-refractivity contribution is 0.0992. The first-order valence-corrected chi connectivity index (χ1v) is 27.3. The summed E-state index contributed by atoms with van der Waals surface area (Å²) in [7, 11) is -3.20. The molecule has 228 valence electrons. The number of rotatable bonds is 12. The smallest absolute Gasteiger partial charge is 0.143 e. The molecule has 3 unspecified atom stereocenters. The molecule has 41 heavy (non-hydrogen) atoms. The van der Waals surface area contributed by atoms with Crippen molar-refractivity contribution in [2.45, 2.75) is 89.9 Å². The molecule has 0 bridgehead atoms. The molecule has 2 nitrogen and oxygen atoms in total. The molecule has 0 N–H and O–H groups in total. The van der Waals surface area contributed by atoms with Crippen LogP contribution in [0.3, 0.4) is 0 Å². The van der Waals surface area contributed by atoms with Crippen LogP contribution < -0.4 is 15.6 Å². The fourth-order valence-corrected chi connectivity index (χ4v) is 14.0. The molecule has 0 radical (unpaired) electrons. The average molecular weight is 869 g/mol. The molecule has 0 amide bonds. The normalized spacial score (nSPS) is 22.2. The van der Waals surface area contributed by atoms with Gasteiger partial charge in [0.25, 0.3) is 0 Å². The van der Waals surface area contributed by atoms with Gasteiger partial charge in [0.1, 0.15) is 11.9 Å². The van der Waals surface area contributed by atoms with E-state index < -0.39 is 25.7 Å². The molecule has 2 aliphatic rings. The van der Waals surface area contributed by atoms with Crippen LogP contribution in [0.4, 0.5) is 0 Å². The predicted molar refractivity (Wildman–Crippen MR) is 204 cm³/mol. The Hall–Kier alpha value is 0.511. The van der Waals surface area contributed by atoms with Crippen molar-refractivity contribution in [1.82, 2.24) is 0 Å². The highest BCUT2D eigenvalue weighted by atomic mass is 79.9. The van der Waals surface area contributed by atoms with Crippen molar-refractivity contribution < 1.29 is 9.47 Å². The molecular weight excluding hydrogens is 820 g/mol. The highest BCUT2D eigenvalue weighted by molar-refractivity contribution is 9.12. The van der Waals surface area contributed by atoms with Gasteiger partial charge in [0.15, 0.2) is 0 Å². The summed E-state index contributed by atoms with van der Waals surface area (Å²) >= 11 is 15.4. The van der Waals surface area contributed by atoms with E-state index in [1.807, 2.05) is 6.92 Å². The monoisotopic (exact) mass is 864 g/mol. The van der Waals surface area contributed by atoms with Crippen molar-refractivity contribution in [2.24, 2.45) is 11.3 Å². The van der Waals surface area contributed by atoms with Gasteiger partial charge in [0, 0.05) is 15.6 Å². The molecule has 3 rings (SSSR count). The lowest BCUT2D eigenvalue weighted by atomic mass is 9.69. The van der Waals surface area contributed by atoms with E-state index in [1.54, 1.807) is 15.6 Å². The van der Waals surface area contributed by atoms with E-state index in [9.17, 15) is 0 Å². The van der Waals surface area contributed by atoms with E-state index in [4.69, 9.17) is 9.47 Å². The summed E-state index contributed by atoms with van der Waals surface area (Å²) in [4.78, 5) is 0.145. The summed E-state index contributed by atoms with van der Waals surface area (Å²) in [5, 5.41) is 4.93. The molecule has 0 fully saturated rings. The quantitative estimate of drug-likeness (QED) is 0.119. The highest BCUT2D eigenvalue weighted by Gasteiger charge is 2.38. The molecule has 3 atom stereocenters. The van der Waals surface area contributed by atoms with Crippen LogP contribution in [-0.4, -0.2) is 49.8 Å². The first-order chi connectivity index (χ1) is 19.1. The summed E-state index contributed by atoms with van der Waals surface area (Å²) in [6.45, 7) is 23.0. The van der Waals surface area contributed by atoms with Gasteiger partial charge >= 0.3 is 0 Å². The van der Waals surface area contributed by atoms with Crippen LogP contribution in [0, 0.1) is 11.3 Å². The third-order valence-corrected chi connectivity index (χ3v) is 18.2. The molecule has 0 saturated heterocycles. The molecule has 1 aromatic rings. The molecule has 2 aliphatic carbocycles. The molecule has 0 aliphatic heterocycles. The highest BCUT2D eigenvalue weighted by Crippen LogP contribution is 2.49. The number of alkyl halides is 1. The van der Waals surface area contributed by atoms with Gasteiger partial charge in [-0.1, -0.05) is 153 Å². The number of hydrogen-bond donors (Lipinski definition) is 0. The largest absolute Gasteiger partial charge is 0.492 e. The summed E-state index contributed by atoms with van der Waals surface area (Å²) in [6.07, 6.45) is 8.92. The number of halogens is 4. The van der Waals surface area contributed by atoms with Crippen LogP contribution in [0.15, 0.2) is 61.2 Å². The Kier molecular flexibility index (Phi) is 13.3. The topological polar surface area (TPSA) is 18.5 Å². The van der Waals surface area contributed by atoms with E-state index >= 15 is 0 Å². The first-order valence-electron chi connectivity index (χ1n) is 15.0. The zero-order valence-corrected chi connectivity index (χ0v) is 35.9. The summed E-state index contributed by atoms with van der Waals surface area (Å²) in [5.41, 5.74) is 1.25. The zero-order chi connectivity index (χ0) is 30.7. The summed E-state index contributed by atoms with van der Waals surface area (Å²) < 4.78 is 15.7. The van der Waals surface area contributed by atoms with Crippen molar-refractivity contribution in [3.63, 3.8) is 0 Å². The third kappa shape index (κ3) is 9.04. The van der Waals surface area contributed by atoms with Crippen LogP contribution in [0.2, 0.25) is 45.3 Å². The average Bonchev–Trinajstić information content (AvgIpc) is 2.89. The predicted octanol–water partition coefficient (Wildman–Crippen LogP) is 8.71. The number of ether oxygens (including phenoxy) is 2. The van der Waals surface area contributed by atoms with Crippen LogP contribution in [-0.2, 0) is 9.47 Å². The van der Waals surface area contributed by atoms with Crippen molar-refractivity contribution in [3.05, 3.63) is 61.2 Å². The van der Waals surface area contributed by atoms with Crippen LogP contribution in [0.1, 0.15) is 33.6 Å². The van der Waals surface area contributed by atoms with Gasteiger partial charge in [-0.05, 0) is 58.7 Å². The fraction of sp³-hybridized carbons (Fsp3) is 0.562. The maximum absolute atomic E-state index is 6.44. The Labute approximate surface area is 287 Å². The lowest BCUT2D eigenvalue weighted by Crippen LogP contribution is -2.47. The number of allylic oxidation sites excluding steroid dienone is 5. The molecular formula is C32H48Br4O2Si3. The van der Waals surface area contributed by atoms with Gasteiger partial charge in [-0.2, -0.15) is 0 Å². The second kappa shape index (κ2) is 15.2. The second-order valence-electron chi connectivity index (χ2n) is 13.3. The van der Waals surface area contributed by atoms with Crippen molar-refractivity contribution >= 4 is 105 Å². The second-order valence-corrected chi connectivity index (χ2v) is 27.9. The van der Waals surface area contributed by atoms with Gasteiger partial charge < -0.3 is 9.47 Å². The lowest BCUT2D eigenvalue weighted by Gasteiger charge is -2.39. The van der Waals surface area contributed by atoms with Gasteiger partial charge in [0.05, 0.1) is 41.6 Å². The zero-order valence-electron chi connectivity index (χ0n) is 26.2. The molecule has 0 heterocycles. The minimum Gasteiger partial charge on any atom is -0.492 e. The molecule has 0 saturated carbocycles. The Morgan fingerprint density at radius 1 is 0.976 bits per heavy atom. The van der Waals surface area contributed by atoms with Crippen LogP contribution in [0.5, 0.6) is 0 Å². The summed E-state index contributed by atoms with van der Waals surface area (Å²) in [5.74, 6) is 1.29. The molecule has 1 aromatic carbocycles. The standard InChI is InChI=1S/C32H48Br4O2Si3/c1-10-37-30-26(33)14-21(15-27(30)34)32(2,3)22-16-28(35)31(29(36)17-22)38-12-11-13-41(8,9)25-19-23(39(4)5)18-24(20-25)40(6)7/h14-16,18-20,22,26,30,39-40H,10-13,17H2,1-9H3. The van der Waals surface area contributed by atoms with Gasteiger partial charge in [-0.25, -0.2) is 0 Å². The molecule has 0 spiro atoms. The van der Waals surface area contributed by atoms with Crippen molar-refractivity contribution in [1.29, 1.82) is 0 Å². The first kappa shape index (κ1) is 36.0. The SMILES string of the molecule is CCOC1C(Br)=CC(C(C)(C)C2C=C(Br)C(OCCC[Si](C)(C)c3cc([SiH](C)C)cc([SiH](C)C)c3)=C(Br)C2)=CC1Br.